The minimum absolute atomic E-state index is 0.619. The summed E-state index contributed by atoms with van der Waals surface area (Å²) in [7, 11) is 0. The van der Waals surface area contributed by atoms with Crippen molar-refractivity contribution in [3.05, 3.63) is 34.9 Å². The largest absolute Gasteiger partial charge is 0.0887 e. The highest BCUT2D eigenvalue weighted by molar-refractivity contribution is 9.09. The van der Waals surface area contributed by atoms with Crippen LogP contribution in [0, 0.1) is 5.92 Å². The van der Waals surface area contributed by atoms with Crippen molar-refractivity contribution in [1.82, 2.24) is 0 Å². The predicted octanol–water partition coefficient (Wildman–Crippen LogP) is 4.45. The molecule has 1 unspecified atom stereocenters. The van der Waals surface area contributed by atoms with E-state index in [0.29, 0.717) is 4.83 Å². The molecule has 0 N–H and O–H groups in total. The van der Waals surface area contributed by atoms with Crippen molar-refractivity contribution in [1.29, 1.82) is 0 Å². The summed E-state index contributed by atoms with van der Waals surface area (Å²) < 4.78 is 0. The van der Waals surface area contributed by atoms with Crippen molar-refractivity contribution in [3.8, 4) is 0 Å². The first-order chi connectivity index (χ1) is 6.74. The fraction of sp³-hybridized carbons (Fsp3) is 0.500. The SMILES string of the molecule is Clc1cccc(CC(Br)CC2CC2)c1. The molecule has 0 bridgehead atoms. The van der Waals surface area contributed by atoms with Gasteiger partial charge in [-0.3, -0.25) is 0 Å². The molecule has 0 spiro atoms. The third kappa shape index (κ3) is 3.29. The van der Waals surface area contributed by atoms with E-state index < -0.39 is 0 Å². The Morgan fingerprint density at radius 3 is 2.86 bits per heavy atom. The number of alkyl halides is 1. The summed E-state index contributed by atoms with van der Waals surface area (Å²) >= 11 is 9.67. The van der Waals surface area contributed by atoms with Crippen molar-refractivity contribution in [2.75, 3.05) is 0 Å². The molecule has 1 atom stereocenters. The van der Waals surface area contributed by atoms with Gasteiger partial charge in [0.05, 0.1) is 0 Å². The Kier molecular flexibility index (Phi) is 3.51. The zero-order valence-corrected chi connectivity index (χ0v) is 10.4. The summed E-state index contributed by atoms with van der Waals surface area (Å²) in [5, 5.41) is 0.841. The lowest BCUT2D eigenvalue weighted by Crippen LogP contribution is -2.03. The summed E-state index contributed by atoms with van der Waals surface area (Å²) in [6.07, 6.45) is 5.26. The average Bonchev–Trinajstić information content (AvgIpc) is 2.87. The van der Waals surface area contributed by atoms with Gasteiger partial charge in [-0.15, -0.1) is 0 Å². The highest BCUT2D eigenvalue weighted by Crippen LogP contribution is 2.36. The maximum Gasteiger partial charge on any atom is 0.0408 e. The molecule has 2 rings (SSSR count). The molecule has 0 aromatic heterocycles. The molecule has 0 radical (unpaired) electrons. The predicted molar refractivity (Wildman–Crippen MR) is 65.2 cm³/mol. The van der Waals surface area contributed by atoms with Crippen LogP contribution in [0.2, 0.25) is 5.02 Å². The van der Waals surface area contributed by atoms with E-state index in [9.17, 15) is 0 Å². The molecule has 1 saturated carbocycles. The molecule has 14 heavy (non-hydrogen) atoms. The summed E-state index contributed by atoms with van der Waals surface area (Å²) in [5.74, 6) is 0.985. The highest BCUT2D eigenvalue weighted by Gasteiger charge is 2.24. The highest BCUT2D eigenvalue weighted by atomic mass is 79.9. The molecule has 1 aliphatic carbocycles. The third-order valence-corrected chi connectivity index (χ3v) is 3.56. The Balaban J connectivity index is 1.88. The molecule has 0 aliphatic heterocycles. The molecule has 1 fully saturated rings. The van der Waals surface area contributed by atoms with Crippen LogP contribution in [0.4, 0.5) is 0 Å². The monoisotopic (exact) mass is 272 g/mol. The van der Waals surface area contributed by atoms with Crippen LogP contribution in [-0.2, 0) is 6.42 Å². The Hall–Kier alpha value is -0.0100. The van der Waals surface area contributed by atoms with Gasteiger partial charge in [0.1, 0.15) is 0 Å². The number of hydrogen-bond donors (Lipinski definition) is 0. The van der Waals surface area contributed by atoms with Gasteiger partial charge in [-0.05, 0) is 36.5 Å². The molecule has 1 aromatic carbocycles. The van der Waals surface area contributed by atoms with Gasteiger partial charge in [0.2, 0.25) is 0 Å². The topological polar surface area (TPSA) is 0 Å². The normalized spacial score (nSPS) is 18.1. The quantitative estimate of drug-likeness (QED) is 0.711. The zero-order valence-electron chi connectivity index (χ0n) is 8.05. The van der Waals surface area contributed by atoms with Gasteiger partial charge in [0.15, 0.2) is 0 Å². The Labute approximate surface area is 98.8 Å². The van der Waals surface area contributed by atoms with Crippen LogP contribution in [0.15, 0.2) is 24.3 Å². The second-order valence-electron chi connectivity index (χ2n) is 4.11. The van der Waals surface area contributed by atoms with Crippen LogP contribution < -0.4 is 0 Å². The van der Waals surface area contributed by atoms with E-state index in [2.05, 4.69) is 28.1 Å². The second-order valence-corrected chi connectivity index (χ2v) is 5.84. The van der Waals surface area contributed by atoms with Gasteiger partial charge in [-0.25, -0.2) is 0 Å². The van der Waals surface area contributed by atoms with Crippen LogP contribution in [-0.4, -0.2) is 4.83 Å². The fourth-order valence-electron chi connectivity index (χ4n) is 1.72. The van der Waals surface area contributed by atoms with Crippen LogP contribution in [0.25, 0.3) is 0 Å². The Morgan fingerprint density at radius 1 is 1.43 bits per heavy atom. The minimum Gasteiger partial charge on any atom is -0.0887 e. The van der Waals surface area contributed by atoms with Crippen LogP contribution in [0.1, 0.15) is 24.8 Å². The first-order valence-electron chi connectivity index (χ1n) is 5.12. The molecule has 0 amide bonds. The minimum atomic E-state index is 0.619. The number of halogens is 2. The molecule has 0 nitrogen and oxygen atoms in total. The lowest BCUT2D eigenvalue weighted by atomic mass is 10.1. The summed E-state index contributed by atoms with van der Waals surface area (Å²) in [5.41, 5.74) is 1.33. The van der Waals surface area contributed by atoms with E-state index in [0.717, 1.165) is 17.4 Å². The Morgan fingerprint density at radius 2 is 2.21 bits per heavy atom. The van der Waals surface area contributed by atoms with E-state index >= 15 is 0 Å². The lowest BCUT2D eigenvalue weighted by Gasteiger charge is -2.08. The maximum absolute atomic E-state index is 5.93. The number of rotatable bonds is 4. The van der Waals surface area contributed by atoms with E-state index in [1.165, 1.54) is 24.8 Å². The van der Waals surface area contributed by atoms with Crippen molar-refractivity contribution in [2.24, 2.45) is 5.92 Å². The number of hydrogen-bond acceptors (Lipinski definition) is 0. The molecule has 0 saturated heterocycles. The van der Waals surface area contributed by atoms with Crippen molar-refractivity contribution < 1.29 is 0 Å². The van der Waals surface area contributed by atoms with Gasteiger partial charge >= 0.3 is 0 Å². The van der Waals surface area contributed by atoms with E-state index in [1.54, 1.807) is 0 Å². The van der Waals surface area contributed by atoms with Crippen molar-refractivity contribution >= 4 is 27.5 Å². The Bertz CT molecular complexity index is 307. The summed E-state index contributed by atoms with van der Waals surface area (Å²) in [4.78, 5) is 0.619. The van der Waals surface area contributed by atoms with Gasteiger partial charge < -0.3 is 0 Å². The summed E-state index contributed by atoms with van der Waals surface area (Å²) in [6, 6.07) is 8.15. The van der Waals surface area contributed by atoms with E-state index in [4.69, 9.17) is 11.6 Å². The average molecular weight is 274 g/mol. The van der Waals surface area contributed by atoms with Gasteiger partial charge in [0.25, 0.3) is 0 Å². The van der Waals surface area contributed by atoms with Crippen LogP contribution in [0.3, 0.4) is 0 Å². The van der Waals surface area contributed by atoms with Gasteiger partial charge in [-0.2, -0.15) is 0 Å². The second kappa shape index (κ2) is 4.67. The fourth-order valence-corrected chi connectivity index (χ4v) is 2.83. The lowest BCUT2D eigenvalue weighted by molar-refractivity contribution is 0.690. The number of benzene rings is 1. The molecule has 1 aliphatic rings. The maximum atomic E-state index is 5.93. The zero-order chi connectivity index (χ0) is 9.97. The third-order valence-electron chi connectivity index (χ3n) is 2.63. The first-order valence-corrected chi connectivity index (χ1v) is 6.42. The van der Waals surface area contributed by atoms with Gasteiger partial charge in [0, 0.05) is 9.85 Å². The van der Waals surface area contributed by atoms with E-state index in [1.807, 2.05) is 12.1 Å². The van der Waals surface area contributed by atoms with Crippen LogP contribution in [0.5, 0.6) is 0 Å². The molecule has 76 valence electrons. The molecule has 0 heterocycles. The molecule has 2 heteroatoms. The standard InChI is InChI=1S/C12H14BrCl/c13-11(6-9-4-5-9)7-10-2-1-3-12(14)8-10/h1-3,8-9,11H,4-7H2. The van der Waals surface area contributed by atoms with E-state index in [-0.39, 0.29) is 0 Å². The first kappa shape index (κ1) is 10.5. The molecule has 1 aromatic rings. The molecular weight excluding hydrogens is 259 g/mol. The summed E-state index contributed by atoms with van der Waals surface area (Å²) in [6.45, 7) is 0. The van der Waals surface area contributed by atoms with Gasteiger partial charge in [-0.1, -0.05) is 52.5 Å². The van der Waals surface area contributed by atoms with Crippen molar-refractivity contribution in [3.63, 3.8) is 0 Å². The smallest absolute Gasteiger partial charge is 0.0408 e. The van der Waals surface area contributed by atoms with Crippen molar-refractivity contribution in [2.45, 2.75) is 30.5 Å². The molecular formula is C12H14BrCl. The van der Waals surface area contributed by atoms with Crippen LogP contribution >= 0.6 is 27.5 Å².